The second-order valence-corrected chi connectivity index (χ2v) is 8.39. The summed E-state index contributed by atoms with van der Waals surface area (Å²) < 4.78 is 49.1. The van der Waals surface area contributed by atoms with Gasteiger partial charge in [0.15, 0.2) is 0 Å². The predicted molar refractivity (Wildman–Crippen MR) is 110 cm³/mol. The van der Waals surface area contributed by atoms with Gasteiger partial charge in [-0.15, -0.1) is 0 Å². The summed E-state index contributed by atoms with van der Waals surface area (Å²) in [5, 5.41) is 8.28. The summed E-state index contributed by atoms with van der Waals surface area (Å²) in [5.41, 5.74) is -0.706. The molecule has 1 N–H and O–H groups in total. The molecule has 32 heavy (non-hydrogen) atoms. The zero-order valence-corrected chi connectivity index (χ0v) is 17.9. The Morgan fingerprint density at radius 2 is 1.72 bits per heavy atom. The van der Waals surface area contributed by atoms with Gasteiger partial charge in [0.25, 0.3) is 0 Å². The van der Waals surface area contributed by atoms with Crippen molar-refractivity contribution in [1.82, 2.24) is 0 Å². The van der Waals surface area contributed by atoms with Crippen molar-refractivity contribution in [3.63, 3.8) is 0 Å². The van der Waals surface area contributed by atoms with Gasteiger partial charge in [-0.25, -0.2) is 4.79 Å². The number of carbonyl (C=O) groups is 2. The highest BCUT2D eigenvalue weighted by molar-refractivity contribution is 6.30. The van der Waals surface area contributed by atoms with Crippen LogP contribution in [0.4, 0.5) is 13.2 Å². The zero-order chi connectivity index (χ0) is 23.7. The largest absolute Gasteiger partial charge is 0.478 e. The van der Waals surface area contributed by atoms with Crippen LogP contribution in [0.25, 0.3) is 0 Å². The predicted octanol–water partition coefficient (Wildman–Crippen LogP) is 6.11. The van der Waals surface area contributed by atoms with Gasteiger partial charge in [0.05, 0.1) is 5.92 Å². The number of esters is 1. The number of carboxylic acids is 1. The summed E-state index contributed by atoms with van der Waals surface area (Å²) in [6.45, 7) is 3.18. The van der Waals surface area contributed by atoms with Gasteiger partial charge in [0.1, 0.15) is 16.5 Å². The van der Waals surface area contributed by atoms with E-state index in [2.05, 4.69) is 0 Å². The Balaban J connectivity index is 1.77. The Labute approximate surface area is 187 Å². The topological polar surface area (TPSA) is 72.8 Å². The molecule has 0 radical (unpaired) electrons. The van der Waals surface area contributed by atoms with Crippen molar-refractivity contribution >= 4 is 23.5 Å². The van der Waals surface area contributed by atoms with Gasteiger partial charge in [0, 0.05) is 5.56 Å². The van der Waals surface area contributed by atoms with Gasteiger partial charge in [-0.3, -0.25) is 4.79 Å². The molecule has 0 saturated heterocycles. The number of rotatable bonds is 7. The summed E-state index contributed by atoms with van der Waals surface area (Å²) in [6, 6.07) is 14.8. The van der Waals surface area contributed by atoms with E-state index in [1.165, 1.54) is 12.1 Å². The lowest BCUT2D eigenvalue weighted by Crippen LogP contribution is -2.21. The molecule has 3 atom stereocenters. The Morgan fingerprint density at radius 3 is 2.31 bits per heavy atom. The first-order valence-electron chi connectivity index (χ1n) is 9.62. The average Bonchev–Trinajstić information content (AvgIpc) is 3.25. The lowest BCUT2D eigenvalue weighted by molar-refractivity contribution is -0.166. The molecule has 2 aromatic carbocycles. The Bertz CT molecular complexity index is 1030. The number of aliphatic carboxylic acids is 1. The molecule has 170 valence electrons. The highest BCUT2D eigenvalue weighted by Crippen LogP contribution is 2.60. The molecule has 0 bridgehead atoms. The molecule has 0 amide bonds. The van der Waals surface area contributed by atoms with Crippen LogP contribution in [-0.4, -0.2) is 23.2 Å². The number of para-hydroxylation sites is 1. The van der Waals surface area contributed by atoms with E-state index >= 15 is 0 Å². The number of hydrogen-bond donors (Lipinski definition) is 1. The van der Waals surface area contributed by atoms with Crippen molar-refractivity contribution in [2.75, 3.05) is 0 Å². The number of benzene rings is 2. The van der Waals surface area contributed by atoms with Crippen molar-refractivity contribution in [3.05, 3.63) is 71.3 Å². The minimum Gasteiger partial charge on any atom is -0.478 e. The lowest BCUT2D eigenvalue weighted by atomic mass is 10.1. The van der Waals surface area contributed by atoms with Crippen LogP contribution in [0, 0.1) is 17.3 Å². The molecule has 0 heterocycles. The van der Waals surface area contributed by atoms with Crippen LogP contribution in [0.3, 0.4) is 0 Å². The summed E-state index contributed by atoms with van der Waals surface area (Å²) >= 11 is 5.30. The third-order valence-electron chi connectivity index (χ3n) is 5.36. The van der Waals surface area contributed by atoms with Gasteiger partial charge in [-0.1, -0.05) is 61.9 Å². The monoisotopic (exact) mass is 468 g/mol. The molecule has 9 heteroatoms. The second kappa shape index (κ2) is 8.86. The number of ether oxygens (including phenoxy) is 2. The Morgan fingerprint density at radius 1 is 1.09 bits per heavy atom. The average molecular weight is 469 g/mol. The van der Waals surface area contributed by atoms with E-state index in [1.54, 1.807) is 50.2 Å². The minimum atomic E-state index is -4.72. The molecule has 0 aromatic heterocycles. The van der Waals surface area contributed by atoms with Crippen LogP contribution in [0.1, 0.15) is 25.5 Å². The van der Waals surface area contributed by atoms with Crippen LogP contribution in [-0.2, 0) is 14.3 Å². The number of halogens is 4. The number of alkyl halides is 3. The van der Waals surface area contributed by atoms with Crippen molar-refractivity contribution in [2.24, 2.45) is 17.3 Å². The molecule has 3 rings (SSSR count). The van der Waals surface area contributed by atoms with E-state index in [4.69, 9.17) is 21.1 Å². The number of allylic oxidation sites excluding steroid dienone is 2. The van der Waals surface area contributed by atoms with Gasteiger partial charge in [-0.2, -0.15) is 13.2 Å². The highest BCUT2D eigenvalue weighted by Gasteiger charge is 2.62. The van der Waals surface area contributed by atoms with Crippen molar-refractivity contribution in [1.29, 1.82) is 0 Å². The first kappa shape index (κ1) is 23.7. The number of carbonyl (C=O) groups excluding carboxylic acids is 1. The molecule has 0 aliphatic heterocycles. The normalized spacial score (nSPS) is 20.9. The van der Waals surface area contributed by atoms with Gasteiger partial charge in [0.2, 0.25) is 6.10 Å². The third kappa shape index (κ3) is 5.24. The van der Waals surface area contributed by atoms with Crippen molar-refractivity contribution < 1.29 is 37.3 Å². The van der Waals surface area contributed by atoms with Crippen LogP contribution in [0.5, 0.6) is 11.5 Å². The van der Waals surface area contributed by atoms with E-state index in [1.807, 2.05) is 6.07 Å². The second-order valence-electron chi connectivity index (χ2n) is 7.98. The van der Waals surface area contributed by atoms with Crippen molar-refractivity contribution in [3.8, 4) is 11.5 Å². The number of hydrogen-bond acceptors (Lipinski definition) is 4. The smallest absolute Gasteiger partial charge is 0.426 e. The molecule has 0 spiro atoms. The first-order valence-corrected chi connectivity index (χ1v) is 9.99. The maximum absolute atomic E-state index is 12.7. The van der Waals surface area contributed by atoms with E-state index in [9.17, 15) is 27.9 Å². The summed E-state index contributed by atoms with van der Waals surface area (Å²) in [6.07, 6.45) is -5.60. The molecular formula is C23H20ClF3O5. The zero-order valence-electron chi connectivity index (χ0n) is 17.1. The summed E-state index contributed by atoms with van der Waals surface area (Å²) in [4.78, 5) is 24.5. The van der Waals surface area contributed by atoms with Crippen LogP contribution < -0.4 is 4.74 Å². The van der Waals surface area contributed by atoms with Gasteiger partial charge in [-0.05, 0) is 35.6 Å². The molecule has 2 aromatic rings. The van der Waals surface area contributed by atoms with E-state index in [0.717, 1.165) is 6.08 Å². The molecule has 1 aliphatic carbocycles. The van der Waals surface area contributed by atoms with Gasteiger partial charge < -0.3 is 14.6 Å². The van der Waals surface area contributed by atoms with Crippen LogP contribution >= 0.6 is 11.6 Å². The first-order chi connectivity index (χ1) is 14.9. The van der Waals surface area contributed by atoms with Crippen LogP contribution in [0.2, 0.25) is 0 Å². The maximum atomic E-state index is 12.7. The van der Waals surface area contributed by atoms with Gasteiger partial charge >= 0.3 is 18.1 Å². The SMILES string of the molecule is CC1(C)C(C=C(Cl)C(F)(F)F)C1C(=O)OC(C(=O)O)c1cccc(Oc2ccccc2)c1. The molecule has 5 nitrogen and oxygen atoms in total. The molecule has 1 saturated carbocycles. The van der Waals surface area contributed by atoms with Crippen LogP contribution in [0.15, 0.2) is 65.7 Å². The minimum absolute atomic E-state index is 0.151. The summed E-state index contributed by atoms with van der Waals surface area (Å²) in [7, 11) is 0. The summed E-state index contributed by atoms with van der Waals surface area (Å²) in [5.74, 6) is -3.25. The molecule has 1 fully saturated rings. The van der Waals surface area contributed by atoms with Crippen molar-refractivity contribution in [2.45, 2.75) is 26.1 Å². The highest BCUT2D eigenvalue weighted by atomic mass is 35.5. The standard InChI is InChI=1S/C23H20ClF3O5/c1-22(2)16(12-17(24)23(25,26)27)18(22)21(30)32-19(20(28)29)13-7-6-10-15(11-13)31-14-8-4-3-5-9-14/h3-12,16,18-19H,1-2H3,(H,28,29). The lowest BCUT2D eigenvalue weighted by Gasteiger charge is -2.16. The fourth-order valence-electron chi connectivity index (χ4n) is 3.51. The number of carboxylic acid groups (broad SMARTS) is 1. The quantitative estimate of drug-likeness (QED) is 0.497. The maximum Gasteiger partial charge on any atom is 0.426 e. The Hall–Kier alpha value is -3.00. The fraction of sp³-hybridized carbons (Fsp3) is 0.304. The Kier molecular flexibility index (Phi) is 6.55. The van der Waals surface area contributed by atoms with E-state index in [-0.39, 0.29) is 5.56 Å². The fourth-order valence-corrected chi connectivity index (χ4v) is 3.64. The molecule has 1 aliphatic rings. The molecular weight excluding hydrogens is 449 g/mol. The third-order valence-corrected chi connectivity index (χ3v) is 5.70. The molecule has 3 unspecified atom stereocenters. The van der Waals surface area contributed by atoms with E-state index < -0.39 is 46.5 Å². The van der Waals surface area contributed by atoms with E-state index in [0.29, 0.717) is 11.5 Å².